The van der Waals surface area contributed by atoms with Crippen molar-refractivity contribution in [3.63, 3.8) is 0 Å². The molecule has 0 bridgehead atoms. The van der Waals surface area contributed by atoms with Gasteiger partial charge in [0.2, 0.25) is 0 Å². The average Bonchev–Trinajstić information content (AvgIpc) is 2.78. The molecule has 1 aliphatic heterocycles. The van der Waals surface area contributed by atoms with Crippen LogP contribution in [0.2, 0.25) is 0 Å². The summed E-state index contributed by atoms with van der Waals surface area (Å²) in [6.07, 6.45) is 0.500. The number of nitrogens with zero attached hydrogens (tertiary/aromatic N) is 3. The molecule has 1 fully saturated rings. The lowest BCUT2D eigenvalue weighted by Crippen LogP contribution is -2.44. The first-order valence-corrected chi connectivity index (χ1v) is 11.2. The van der Waals surface area contributed by atoms with Gasteiger partial charge >= 0.3 is 0 Å². The molecule has 1 N–H and O–H groups in total. The highest BCUT2D eigenvalue weighted by Crippen LogP contribution is 2.16. The summed E-state index contributed by atoms with van der Waals surface area (Å²) in [5.41, 5.74) is 2.34. The average molecular weight is 435 g/mol. The quantitative estimate of drug-likeness (QED) is 0.646. The number of hydrogen-bond acceptors (Lipinski definition) is 5. The summed E-state index contributed by atoms with van der Waals surface area (Å²) in [6.45, 7) is 9.62. The number of amides is 1. The van der Waals surface area contributed by atoms with Crippen molar-refractivity contribution in [1.29, 1.82) is 0 Å². The molecular weight excluding hydrogens is 404 g/mol. The monoisotopic (exact) mass is 434 g/mol. The number of carbonyl (C=O) groups is 1. The van der Waals surface area contributed by atoms with E-state index in [0.29, 0.717) is 23.9 Å². The van der Waals surface area contributed by atoms with Crippen molar-refractivity contribution in [3.05, 3.63) is 75.7 Å². The van der Waals surface area contributed by atoms with Crippen LogP contribution >= 0.6 is 0 Å². The number of hydrogen-bond donors (Lipinski definition) is 1. The van der Waals surface area contributed by atoms with Crippen LogP contribution < -0.4 is 10.9 Å². The second-order valence-electron chi connectivity index (χ2n) is 8.47. The minimum Gasteiger partial charge on any atom is -0.373 e. The number of ether oxygens (including phenoxy) is 1. The maximum atomic E-state index is 12.9. The van der Waals surface area contributed by atoms with Gasteiger partial charge in [0.15, 0.2) is 5.69 Å². The zero-order valence-electron chi connectivity index (χ0n) is 18.9. The predicted molar refractivity (Wildman–Crippen MR) is 125 cm³/mol. The number of carbonyl (C=O) groups excluding carboxylic acids is 1. The summed E-state index contributed by atoms with van der Waals surface area (Å²) in [5.74, 6) is -0.288. The van der Waals surface area contributed by atoms with Crippen LogP contribution in [0.5, 0.6) is 0 Å². The summed E-state index contributed by atoms with van der Waals surface area (Å²) in [5, 5.41) is 8.32. The van der Waals surface area contributed by atoms with Gasteiger partial charge in [-0.2, -0.15) is 5.10 Å². The molecule has 0 spiro atoms. The molecule has 4 rings (SSSR count). The number of benzene rings is 2. The van der Waals surface area contributed by atoms with Gasteiger partial charge in [0.1, 0.15) is 0 Å². The molecule has 2 heterocycles. The van der Waals surface area contributed by atoms with E-state index in [1.807, 2.05) is 25.1 Å². The Bertz CT molecular complexity index is 1150. The Morgan fingerprint density at radius 1 is 1.03 bits per heavy atom. The van der Waals surface area contributed by atoms with Crippen molar-refractivity contribution in [3.8, 4) is 0 Å². The lowest BCUT2D eigenvalue weighted by atomic mass is 10.1. The van der Waals surface area contributed by atoms with Gasteiger partial charge in [0, 0.05) is 38.1 Å². The van der Waals surface area contributed by atoms with E-state index in [0.717, 1.165) is 25.2 Å². The highest BCUT2D eigenvalue weighted by Gasteiger charge is 2.22. The van der Waals surface area contributed by atoms with Crippen LogP contribution in [-0.4, -0.2) is 45.9 Å². The second kappa shape index (κ2) is 9.63. The number of nitrogens with one attached hydrogen (secondary N) is 1. The van der Waals surface area contributed by atoms with Crippen LogP contribution in [0.3, 0.4) is 0 Å². The Morgan fingerprint density at radius 2 is 1.66 bits per heavy atom. The lowest BCUT2D eigenvalue weighted by molar-refractivity contribution is -0.0704. The van der Waals surface area contributed by atoms with Crippen LogP contribution in [0, 0.1) is 0 Å². The summed E-state index contributed by atoms with van der Waals surface area (Å²) >= 11 is 0. The number of fused-ring (bicyclic) bond motifs is 1. The van der Waals surface area contributed by atoms with Crippen LogP contribution in [0.4, 0.5) is 0 Å². The normalized spacial score (nSPS) is 19.2. The Hall–Kier alpha value is -3.03. The molecule has 2 aromatic carbocycles. The zero-order valence-corrected chi connectivity index (χ0v) is 18.9. The van der Waals surface area contributed by atoms with E-state index in [2.05, 4.69) is 41.3 Å². The van der Waals surface area contributed by atoms with Crippen molar-refractivity contribution < 1.29 is 9.53 Å². The maximum Gasteiger partial charge on any atom is 0.274 e. The van der Waals surface area contributed by atoms with Crippen LogP contribution in [-0.2, 0) is 24.4 Å². The molecule has 2 atom stereocenters. The zero-order chi connectivity index (χ0) is 22.7. The van der Waals surface area contributed by atoms with E-state index in [1.165, 1.54) is 10.2 Å². The van der Waals surface area contributed by atoms with Gasteiger partial charge in [-0.25, -0.2) is 4.68 Å². The van der Waals surface area contributed by atoms with Crippen molar-refractivity contribution in [2.24, 2.45) is 0 Å². The topological polar surface area (TPSA) is 76.5 Å². The lowest BCUT2D eigenvalue weighted by Gasteiger charge is -2.35. The summed E-state index contributed by atoms with van der Waals surface area (Å²) in [4.78, 5) is 27.8. The number of aryl methyl sites for hydroxylation is 1. The van der Waals surface area contributed by atoms with E-state index in [9.17, 15) is 9.59 Å². The first-order valence-electron chi connectivity index (χ1n) is 11.2. The number of rotatable bonds is 6. The molecular formula is C25H30N4O3. The van der Waals surface area contributed by atoms with E-state index in [1.54, 1.807) is 18.2 Å². The highest BCUT2D eigenvalue weighted by molar-refractivity contribution is 6.04. The molecule has 0 saturated carbocycles. The summed E-state index contributed by atoms with van der Waals surface area (Å²) < 4.78 is 7.14. The van der Waals surface area contributed by atoms with Gasteiger partial charge in [-0.05, 0) is 38.0 Å². The van der Waals surface area contributed by atoms with Gasteiger partial charge in [0.05, 0.1) is 17.6 Å². The summed E-state index contributed by atoms with van der Waals surface area (Å²) in [7, 11) is 0. The summed E-state index contributed by atoms with van der Waals surface area (Å²) in [6, 6.07) is 15.4. The highest BCUT2D eigenvalue weighted by atomic mass is 16.5. The fourth-order valence-electron chi connectivity index (χ4n) is 4.32. The molecule has 0 radical (unpaired) electrons. The van der Waals surface area contributed by atoms with Gasteiger partial charge in [-0.3, -0.25) is 14.5 Å². The fraction of sp³-hybridized carbons (Fsp3) is 0.400. The molecule has 32 heavy (non-hydrogen) atoms. The predicted octanol–water partition coefficient (Wildman–Crippen LogP) is 2.96. The molecule has 2 unspecified atom stereocenters. The SMILES string of the molecule is CCn1nc(C(=O)NCc2ccc(CN3CC(C)OC(C)C3)cc2)c2ccccc2c1=O. The molecule has 0 aliphatic carbocycles. The Balaban J connectivity index is 1.42. The molecule has 7 nitrogen and oxygen atoms in total. The molecule has 1 aromatic heterocycles. The Kier molecular flexibility index (Phi) is 6.67. The van der Waals surface area contributed by atoms with Gasteiger partial charge in [-0.15, -0.1) is 0 Å². The Morgan fingerprint density at radius 3 is 2.31 bits per heavy atom. The molecule has 168 valence electrons. The van der Waals surface area contributed by atoms with Gasteiger partial charge in [0.25, 0.3) is 11.5 Å². The van der Waals surface area contributed by atoms with E-state index in [-0.39, 0.29) is 29.4 Å². The Labute approximate surface area is 188 Å². The fourth-order valence-corrected chi connectivity index (χ4v) is 4.32. The first-order chi connectivity index (χ1) is 15.4. The number of morpholine rings is 1. The van der Waals surface area contributed by atoms with Crippen molar-refractivity contribution in [2.45, 2.75) is 52.6 Å². The first kappa shape index (κ1) is 22.2. The molecule has 1 amide bonds. The van der Waals surface area contributed by atoms with Crippen molar-refractivity contribution in [2.75, 3.05) is 13.1 Å². The largest absolute Gasteiger partial charge is 0.373 e. The molecule has 7 heteroatoms. The minimum absolute atomic E-state index is 0.181. The van der Waals surface area contributed by atoms with E-state index in [4.69, 9.17) is 4.74 Å². The van der Waals surface area contributed by atoms with Crippen molar-refractivity contribution in [1.82, 2.24) is 20.0 Å². The van der Waals surface area contributed by atoms with E-state index < -0.39 is 0 Å². The van der Waals surface area contributed by atoms with Gasteiger partial charge < -0.3 is 10.1 Å². The van der Waals surface area contributed by atoms with Crippen molar-refractivity contribution >= 4 is 16.7 Å². The third kappa shape index (κ3) is 4.89. The van der Waals surface area contributed by atoms with Crippen LogP contribution in [0.25, 0.3) is 10.8 Å². The molecule has 3 aromatic rings. The van der Waals surface area contributed by atoms with Crippen LogP contribution in [0.1, 0.15) is 42.4 Å². The minimum atomic E-state index is -0.288. The third-order valence-electron chi connectivity index (χ3n) is 5.76. The van der Waals surface area contributed by atoms with E-state index >= 15 is 0 Å². The second-order valence-corrected chi connectivity index (χ2v) is 8.47. The number of aromatic nitrogens is 2. The molecule has 1 saturated heterocycles. The van der Waals surface area contributed by atoms with Gasteiger partial charge in [-0.1, -0.05) is 42.5 Å². The maximum absolute atomic E-state index is 12.9. The molecule has 1 aliphatic rings. The standard InChI is InChI=1S/C25H30N4O3/c1-4-29-25(31)22-8-6-5-7-21(22)23(27-29)24(30)26-13-19-9-11-20(12-10-19)16-28-14-17(2)32-18(3)15-28/h5-12,17-18H,4,13-16H2,1-3H3,(H,26,30). The van der Waals surface area contributed by atoms with Crippen LogP contribution in [0.15, 0.2) is 53.3 Å². The third-order valence-corrected chi connectivity index (χ3v) is 5.76. The smallest absolute Gasteiger partial charge is 0.274 e.